The average molecular weight is 290 g/mol. The lowest BCUT2D eigenvalue weighted by molar-refractivity contribution is 0.0354. The molecule has 1 fully saturated rings. The van der Waals surface area contributed by atoms with Gasteiger partial charge in [-0.2, -0.15) is 0 Å². The third kappa shape index (κ3) is 4.77. The molecule has 0 bridgehead atoms. The van der Waals surface area contributed by atoms with Gasteiger partial charge in [0.1, 0.15) is 0 Å². The maximum Gasteiger partial charge on any atom is 0.0544 e. The Labute approximate surface area is 129 Å². The van der Waals surface area contributed by atoms with Crippen LogP contribution >= 0.6 is 0 Å². The van der Waals surface area contributed by atoms with Crippen molar-refractivity contribution >= 4 is 0 Å². The fourth-order valence-corrected chi connectivity index (χ4v) is 2.77. The lowest BCUT2D eigenvalue weighted by Gasteiger charge is -2.45. The van der Waals surface area contributed by atoms with E-state index in [4.69, 9.17) is 0 Å². The second-order valence-electron chi connectivity index (χ2n) is 6.78. The molecule has 1 aromatic rings. The number of aromatic nitrogens is 1. The van der Waals surface area contributed by atoms with Gasteiger partial charge in [0.15, 0.2) is 0 Å². The lowest BCUT2D eigenvalue weighted by Crippen LogP contribution is -2.57. The molecule has 2 rings (SSSR count). The highest BCUT2D eigenvalue weighted by molar-refractivity contribution is 5.14. The average Bonchev–Trinajstić information content (AvgIpc) is 2.45. The summed E-state index contributed by atoms with van der Waals surface area (Å²) in [7, 11) is 2.22. The Hall–Kier alpha value is -0.970. The van der Waals surface area contributed by atoms with Gasteiger partial charge in [0.25, 0.3) is 0 Å². The molecule has 21 heavy (non-hydrogen) atoms. The molecule has 0 radical (unpaired) electrons. The minimum absolute atomic E-state index is 0.252. The van der Waals surface area contributed by atoms with Gasteiger partial charge in [0.2, 0.25) is 0 Å². The number of hydrogen-bond donors (Lipinski definition) is 1. The van der Waals surface area contributed by atoms with Gasteiger partial charge in [0.05, 0.1) is 5.69 Å². The van der Waals surface area contributed by atoms with Crippen LogP contribution in [-0.4, -0.2) is 53.5 Å². The summed E-state index contributed by atoms with van der Waals surface area (Å²) in [4.78, 5) is 9.58. The van der Waals surface area contributed by atoms with Crippen LogP contribution in [0.25, 0.3) is 0 Å². The van der Waals surface area contributed by atoms with Crippen LogP contribution < -0.4 is 5.32 Å². The molecule has 118 valence electrons. The van der Waals surface area contributed by atoms with E-state index in [0.29, 0.717) is 0 Å². The van der Waals surface area contributed by atoms with Crippen molar-refractivity contribution in [1.82, 2.24) is 20.1 Å². The van der Waals surface area contributed by atoms with E-state index in [-0.39, 0.29) is 5.54 Å². The second kappa shape index (κ2) is 7.34. The van der Waals surface area contributed by atoms with Crippen molar-refractivity contribution in [3.8, 4) is 0 Å². The molecule has 0 amide bonds. The van der Waals surface area contributed by atoms with Crippen LogP contribution in [0.1, 0.15) is 38.4 Å². The normalized spacial score (nSPS) is 19.8. The Morgan fingerprint density at radius 2 is 2.10 bits per heavy atom. The van der Waals surface area contributed by atoms with Gasteiger partial charge in [-0.15, -0.1) is 0 Å². The van der Waals surface area contributed by atoms with Gasteiger partial charge in [-0.25, -0.2) is 0 Å². The van der Waals surface area contributed by atoms with Gasteiger partial charge >= 0.3 is 0 Å². The molecule has 1 saturated heterocycles. The van der Waals surface area contributed by atoms with Gasteiger partial charge < -0.3 is 5.32 Å². The Kier molecular flexibility index (Phi) is 5.73. The van der Waals surface area contributed by atoms with E-state index >= 15 is 0 Å². The monoisotopic (exact) mass is 290 g/mol. The highest BCUT2D eigenvalue weighted by Crippen LogP contribution is 2.20. The van der Waals surface area contributed by atoms with Gasteiger partial charge in [0, 0.05) is 44.5 Å². The minimum Gasteiger partial charge on any atom is -0.313 e. The second-order valence-corrected chi connectivity index (χ2v) is 6.78. The van der Waals surface area contributed by atoms with Crippen molar-refractivity contribution in [1.29, 1.82) is 0 Å². The highest BCUT2D eigenvalue weighted by Gasteiger charge is 2.30. The summed E-state index contributed by atoms with van der Waals surface area (Å²) in [5, 5.41) is 3.41. The molecular formula is C17H30N4. The van der Waals surface area contributed by atoms with Crippen LogP contribution in [-0.2, 0) is 13.1 Å². The highest BCUT2D eigenvalue weighted by atomic mass is 15.3. The molecule has 0 atom stereocenters. The minimum atomic E-state index is 0.252. The Morgan fingerprint density at radius 1 is 1.29 bits per heavy atom. The van der Waals surface area contributed by atoms with Crippen molar-refractivity contribution in [2.45, 2.75) is 45.8 Å². The Morgan fingerprint density at radius 3 is 2.71 bits per heavy atom. The van der Waals surface area contributed by atoms with Gasteiger partial charge in [-0.1, -0.05) is 13.0 Å². The molecule has 4 nitrogen and oxygen atoms in total. The first kappa shape index (κ1) is 16.4. The number of likely N-dealkylation sites (N-methyl/N-ethyl adjacent to an activating group) is 1. The maximum atomic E-state index is 4.62. The third-order valence-electron chi connectivity index (χ3n) is 4.42. The fraction of sp³-hybridized carbons (Fsp3) is 0.706. The van der Waals surface area contributed by atoms with E-state index < -0.39 is 0 Å². The number of nitrogens with zero attached hydrogens (tertiary/aromatic N) is 3. The Bertz CT molecular complexity index is 427. The molecule has 0 saturated carbocycles. The molecule has 0 aliphatic carbocycles. The number of nitrogens with one attached hydrogen (secondary N) is 1. The van der Waals surface area contributed by atoms with Crippen molar-refractivity contribution in [2.24, 2.45) is 0 Å². The molecule has 1 aliphatic rings. The SMILES string of the molecule is CCCNCc1ccc(CN2CCN(C)C(C)(C)C2)nc1. The van der Waals surface area contributed by atoms with E-state index in [2.05, 4.69) is 60.1 Å². The number of pyridine rings is 1. The van der Waals surface area contributed by atoms with Crippen LogP contribution in [0.4, 0.5) is 0 Å². The largest absolute Gasteiger partial charge is 0.313 e. The Balaban J connectivity index is 1.86. The molecule has 1 N–H and O–H groups in total. The zero-order valence-electron chi connectivity index (χ0n) is 14.0. The predicted molar refractivity (Wildman–Crippen MR) is 88.2 cm³/mol. The summed E-state index contributed by atoms with van der Waals surface area (Å²) >= 11 is 0. The van der Waals surface area contributed by atoms with E-state index in [9.17, 15) is 0 Å². The van der Waals surface area contributed by atoms with E-state index in [1.165, 1.54) is 17.7 Å². The van der Waals surface area contributed by atoms with Gasteiger partial charge in [-0.05, 0) is 45.5 Å². The molecule has 4 heteroatoms. The molecule has 2 heterocycles. The molecular weight excluding hydrogens is 260 g/mol. The maximum absolute atomic E-state index is 4.62. The summed E-state index contributed by atoms with van der Waals surface area (Å²) in [5.41, 5.74) is 2.70. The number of piperazine rings is 1. The number of rotatable bonds is 6. The topological polar surface area (TPSA) is 31.4 Å². The fourth-order valence-electron chi connectivity index (χ4n) is 2.77. The first-order chi connectivity index (χ1) is 10.0. The first-order valence-electron chi connectivity index (χ1n) is 8.09. The van der Waals surface area contributed by atoms with Crippen molar-refractivity contribution < 1.29 is 0 Å². The van der Waals surface area contributed by atoms with Crippen LogP contribution in [0.5, 0.6) is 0 Å². The van der Waals surface area contributed by atoms with Crippen molar-refractivity contribution in [3.05, 3.63) is 29.6 Å². The summed E-state index contributed by atoms with van der Waals surface area (Å²) in [6.07, 6.45) is 3.18. The van der Waals surface area contributed by atoms with Gasteiger partial charge in [-0.3, -0.25) is 14.8 Å². The zero-order valence-corrected chi connectivity index (χ0v) is 14.0. The van der Waals surface area contributed by atoms with Crippen LogP contribution in [0.15, 0.2) is 18.3 Å². The van der Waals surface area contributed by atoms with E-state index in [0.717, 1.165) is 39.3 Å². The van der Waals surface area contributed by atoms with Crippen molar-refractivity contribution in [2.75, 3.05) is 33.2 Å². The molecule has 0 aromatic carbocycles. The van der Waals surface area contributed by atoms with Crippen molar-refractivity contribution in [3.63, 3.8) is 0 Å². The zero-order chi connectivity index (χ0) is 15.3. The summed E-state index contributed by atoms with van der Waals surface area (Å²) < 4.78 is 0. The van der Waals surface area contributed by atoms with Crippen LogP contribution in [0.2, 0.25) is 0 Å². The molecule has 0 unspecified atom stereocenters. The van der Waals surface area contributed by atoms with Crippen LogP contribution in [0.3, 0.4) is 0 Å². The smallest absolute Gasteiger partial charge is 0.0544 e. The molecule has 1 aromatic heterocycles. The molecule has 1 aliphatic heterocycles. The number of hydrogen-bond acceptors (Lipinski definition) is 4. The van der Waals surface area contributed by atoms with Crippen LogP contribution in [0, 0.1) is 0 Å². The van der Waals surface area contributed by atoms with E-state index in [1.807, 2.05) is 6.20 Å². The third-order valence-corrected chi connectivity index (χ3v) is 4.42. The van der Waals surface area contributed by atoms with E-state index in [1.54, 1.807) is 0 Å². The summed E-state index contributed by atoms with van der Waals surface area (Å²) in [5.74, 6) is 0. The lowest BCUT2D eigenvalue weighted by atomic mass is 9.99. The summed E-state index contributed by atoms with van der Waals surface area (Å²) in [6.45, 7) is 13.1. The predicted octanol–water partition coefficient (Wildman–Crippen LogP) is 2.11. The standard InChI is InChI=1S/C17H30N4/c1-5-8-18-11-15-6-7-16(19-12-15)13-21-10-9-20(4)17(2,3)14-21/h6-7,12,18H,5,8-11,13-14H2,1-4H3. The quantitative estimate of drug-likeness (QED) is 0.813. The first-order valence-corrected chi connectivity index (χ1v) is 8.09. The molecule has 0 spiro atoms. The summed E-state index contributed by atoms with van der Waals surface area (Å²) in [6, 6.07) is 4.38.